The zero-order chi connectivity index (χ0) is 18.9. The van der Waals surface area contributed by atoms with Crippen molar-refractivity contribution in [3.63, 3.8) is 0 Å². The van der Waals surface area contributed by atoms with Gasteiger partial charge in [0.2, 0.25) is 0 Å². The first-order chi connectivity index (χ1) is 12.0. The molecule has 0 saturated heterocycles. The van der Waals surface area contributed by atoms with Crippen molar-refractivity contribution in [3.05, 3.63) is 0 Å². The molecule has 0 bridgehead atoms. The second-order valence-electron chi connectivity index (χ2n) is 4.59. The summed E-state index contributed by atoms with van der Waals surface area (Å²) in [7, 11) is 0. The van der Waals surface area contributed by atoms with Crippen molar-refractivity contribution in [1.29, 1.82) is 0 Å². The van der Waals surface area contributed by atoms with E-state index in [1.807, 2.05) is 13.8 Å². The van der Waals surface area contributed by atoms with Gasteiger partial charge in [-0.2, -0.15) is 0 Å². The van der Waals surface area contributed by atoms with Crippen molar-refractivity contribution in [3.8, 4) is 0 Å². The maximum absolute atomic E-state index is 12.1. The van der Waals surface area contributed by atoms with E-state index >= 15 is 0 Å². The van der Waals surface area contributed by atoms with Crippen LogP contribution in [0.5, 0.6) is 0 Å². The molecule has 0 amide bonds. The maximum Gasteiger partial charge on any atom is 0.319 e. The van der Waals surface area contributed by atoms with Gasteiger partial charge in [0.05, 0.1) is 32.0 Å². The van der Waals surface area contributed by atoms with E-state index in [9.17, 15) is 14.4 Å². The van der Waals surface area contributed by atoms with Gasteiger partial charge in [0.15, 0.2) is 0 Å². The van der Waals surface area contributed by atoms with E-state index in [0.717, 1.165) is 11.8 Å². The topological polar surface area (TPSA) is 97.4 Å². The SMILES string of the molecule is CCOCCOC(=O)CC(SCC(=O)OCC)C(=O)OCCOCC. The highest BCUT2D eigenvalue weighted by atomic mass is 32.2. The number of hydrogen-bond acceptors (Lipinski definition) is 9. The molecule has 25 heavy (non-hydrogen) atoms. The first-order valence-electron chi connectivity index (χ1n) is 8.30. The highest BCUT2D eigenvalue weighted by Gasteiger charge is 2.26. The van der Waals surface area contributed by atoms with E-state index < -0.39 is 23.2 Å². The van der Waals surface area contributed by atoms with Crippen LogP contribution in [0.1, 0.15) is 27.2 Å². The van der Waals surface area contributed by atoms with Crippen molar-refractivity contribution in [1.82, 2.24) is 0 Å². The van der Waals surface area contributed by atoms with Crippen molar-refractivity contribution >= 4 is 29.7 Å². The van der Waals surface area contributed by atoms with E-state index in [-0.39, 0.29) is 38.6 Å². The fourth-order valence-corrected chi connectivity index (χ4v) is 2.47. The molecule has 0 spiro atoms. The summed E-state index contributed by atoms with van der Waals surface area (Å²) in [5, 5.41) is -0.842. The summed E-state index contributed by atoms with van der Waals surface area (Å²) in [6, 6.07) is 0. The molecule has 146 valence electrons. The minimum Gasteiger partial charge on any atom is -0.465 e. The molecule has 1 unspecified atom stereocenters. The quantitative estimate of drug-likeness (QED) is 0.236. The zero-order valence-corrected chi connectivity index (χ0v) is 15.9. The van der Waals surface area contributed by atoms with Gasteiger partial charge in [-0.1, -0.05) is 0 Å². The number of thioether (sulfide) groups is 1. The summed E-state index contributed by atoms with van der Waals surface area (Å²) in [6.07, 6.45) is -0.191. The Kier molecular flexibility index (Phi) is 15.3. The predicted molar refractivity (Wildman–Crippen MR) is 92.4 cm³/mol. The van der Waals surface area contributed by atoms with Gasteiger partial charge in [0.25, 0.3) is 0 Å². The highest BCUT2D eigenvalue weighted by Crippen LogP contribution is 2.18. The average Bonchev–Trinajstić information content (AvgIpc) is 2.59. The maximum atomic E-state index is 12.1. The molecule has 0 aliphatic heterocycles. The molecule has 9 heteroatoms. The zero-order valence-electron chi connectivity index (χ0n) is 15.1. The van der Waals surface area contributed by atoms with Gasteiger partial charge >= 0.3 is 17.9 Å². The largest absolute Gasteiger partial charge is 0.465 e. The Labute approximate surface area is 152 Å². The Morgan fingerprint density at radius 3 is 1.92 bits per heavy atom. The number of hydrogen-bond donors (Lipinski definition) is 0. The monoisotopic (exact) mass is 380 g/mol. The molecule has 0 aliphatic carbocycles. The first-order valence-corrected chi connectivity index (χ1v) is 9.34. The molecular weight excluding hydrogens is 352 g/mol. The molecule has 0 heterocycles. The van der Waals surface area contributed by atoms with Crippen LogP contribution in [-0.2, 0) is 38.1 Å². The minimum absolute atomic E-state index is 0.0503. The van der Waals surface area contributed by atoms with Crippen LogP contribution in [0.15, 0.2) is 0 Å². The lowest BCUT2D eigenvalue weighted by Gasteiger charge is -2.15. The van der Waals surface area contributed by atoms with Crippen LogP contribution in [0, 0.1) is 0 Å². The van der Waals surface area contributed by atoms with Gasteiger partial charge in [-0.15, -0.1) is 11.8 Å². The van der Waals surface area contributed by atoms with Crippen LogP contribution in [-0.4, -0.2) is 75.2 Å². The summed E-state index contributed by atoms with van der Waals surface area (Å²) in [6.45, 7) is 7.43. The molecular formula is C16H28O8S. The first kappa shape index (κ1) is 23.7. The fourth-order valence-electron chi connectivity index (χ4n) is 1.59. The number of carbonyl (C=O) groups is 3. The summed E-state index contributed by atoms with van der Waals surface area (Å²) >= 11 is 0.992. The Hall–Kier alpha value is -1.32. The van der Waals surface area contributed by atoms with E-state index in [0.29, 0.717) is 19.8 Å². The van der Waals surface area contributed by atoms with Crippen LogP contribution in [0.25, 0.3) is 0 Å². The third kappa shape index (κ3) is 13.6. The van der Waals surface area contributed by atoms with Crippen LogP contribution >= 0.6 is 11.8 Å². The molecule has 0 radical (unpaired) electrons. The predicted octanol–water partition coefficient (Wildman–Crippen LogP) is 1.20. The van der Waals surface area contributed by atoms with Gasteiger partial charge in [-0.05, 0) is 20.8 Å². The molecule has 1 atom stereocenters. The molecule has 8 nitrogen and oxygen atoms in total. The van der Waals surface area contributed by atoms with Gasteiger partial charge in [-0.3, -0.25) is 14.4 Å². The lowest BCUT2D eigenvalue weighted by molar-refractivity contribution is -0.151. The van der Waals surface area contributed by atoms with Crippen molar-refractivity contribution in [2.24, 2.45) is 0 Å². The van der Waals surface area contributed by atoms with E-state index in [4.69, 9.17) is 23.7 Å². The molecule has 0 aliphatic rings. The standard InChI is InChI=1S/C16H28O8S/c1-4-20-7-9-23-14(17)11-13(25-12-15(18)22-6-3)16(19)24-10-8-21-5-2/h13H,4-12H2,1-3H3. The highest BCUT2D eigenvalue weighted by molar-refractivity contribution is 8.01. The van der Waals surface area contributed by atoms with Crippen LogP contribution in [0.3, 0.4) is 0 Å². The molecule has 0 aromatic carbocycles. The Morgan fingerprint density at radius 2 is 1.36 bits per heavy atom. The lowest BCUT2D eigenvalue weighted by Crippen LogP contribution is -2.27. The second kappa shape index (κ2) is 16.2. The van der Waals surface area contributed by atoms with Crippen LogP contribution in [0.2, 0.25) is 0 Å². The van der Waals surface area contributed by atoms with E-state index in [1.165, 1.54) is 0 Å². The van der Waals surface area contributed by atoms with Crippen molar-refractivity contribution < 1.29 is 38.1 Å². The molecule has 0 rings (SSSR count). The third-order valence-electron chi connectivity index (χ3n) is 2.69. The fraction of sp³-hybridized carbons (Fsp3) is 0.812. The molecule has 0 aromatic heterocycles. The molecule has 0 fully saturated rings. The summed E-state index contributed by atoms with van der Waals surface area (Å²) in [5.41, 5.74) is 0. The van der Waals surface area contributed by atoms with Crippen molar-refractivity contribution in [2.45, 2.75) is 32.4 Å². The lowest BCUT2D eigenvalue weighted by atomic mass is 10.3. The van der Waals surface area contributed by atoms with E-state index in [2.05, 4.69) is 0 Å². The van der Waals surface area contributed by atoms with E-state index in [1.54, 1.807) is 6.92 Å². The number of esters is 3. The van der Waals surface area contributed by atoms with Gasteiger partial charge in [0.1, 0.15) is 18.5 Å². The summed E-state index contributed by atoms with van der Waals surface area (Å²) in [5.74, 6) is -1.64. The van der Waals surface area contributed by atoms with Gasteiger partial charge in [0, 0.05) is 13.2 Å². The third-order valence-corrected chi connectivity index (χ3v) is 3.86. The Balaban J connectivity index is 4.41. The van der Waals surface area contributed by atoms with Crippen molar-refractivity contribution in [2.75, 3.05) is 52.0 Å². The number of rotatable bonds is 15. The van der Waals surface area contributed by atoms with Crippen LogP contribution < -0.4 is 0 Å². The number of carbonyl (C=O) groups excluding carboxylic acids is 3. The molecule has 0 saturated carbocycles. The van der Waals surface area contributed by atoms with Gasteiger partial charge < -0.3 is 23.7 Å². The second-order valence-corrected chi connectivity index (χ2v) is 5.78. The summed E-state index contributed by atoms with van der Waals surface area (Å²) < 4.78 is 25.0. The smallest absolute Gasteiger partial charge is 0.319 e. The molecule has 0 N–H and O–H groups in total. The van der Waals surface area contributed by atoms with Crippen LogP contribution in [0.4, 0.5) is 0 Å². The Morgan fingerprint density at radius 1 is 0.760 bits per heavy atom. The molecule has 0 aromatic rings. The Bertz CT molecular complexity index is 388. The van der Waals surface area contributed by atoms with Gasteiger partial charge in [-0.25, -0.2) is 0 Å². The number of ether oxygens (including phenoxy) is 5. The summed E-state index contributed by atoms with van der Waals surface area (Å²) in [4.78, 5) is 35.4. The normalized spacial score (nSPS) is 11.6. The average molecular weight is 380 g/mol. The minimum atomic E-state index is -0.842.